The molecule has 6 rings (SSSR count). The number of carbonyl (C=O) groups is 1. The van der Waals surface area contributed by atoms with Crippen molar-refractivity contribution in [1.82, 2.24) is 4.90 Å². The first-order valence-corrected chi connectivity index (χ1v) is 8.89. The lowest BCUT2D eigenvalue weighted by atomic mass is 9.46. The molecule has 1 saturated heterocycles. The largest absolute Gasteiger partial charge is 0.390 e. The summed E-state index contributed by atoms with van der Waals surface area (Å²) in [5.74, 6) is 0.380. The highest BCUT2D eigenvalue weighted by atomic mass is 16.3. The fraction of sp³-hybridized carbons (Fsp3) is 0.889. The molecule has 0 spiro atoms. The molecule has 0 aromatic rings. The SMILES string of the molecule is [2H][13C]1([2H])[C@H]2C[C@@H](C#N)N(C(=O)[C@@H](N)C34C[C@@H]5C[C@@H](CC(O)(C5)C3)C4)[C@H]21. The molecule has 0 radical (unpaired) electrons. The number of nitrogens with two attached hydrogens (primary N) is 1. The van der Waals surface area contributed by atoms with E-state index in [1.807, 2.05) is 0 Å². The number of nitrogens with zero attached hydrogens (tertiary/aromatic N) is 2. The Morgan fingerprint density at radius 1 is 1.35 bits per heavy atom. The van der Waals surface area contributed by atoms with Gasteiger partial charge in [-0.2, -0.15) is 5.26 Å². The molecule has 5 aliphatic carbocycles. The molecule has 1 amide bonds. The first-order valence-electron chi connectivity index (χ1n) is 9.89. The van der Waals surface area contributed by atoms with Gasteiger partial charge in [-0.15, -0.1) is 0 Å². The topological polar surface area (TPSA) is 90.4 Å². The van der Waals surface area contributed by atoms with Crippen molar-refractivity contribution in [2.45, 2.75) is 75.0 Å². The van der Waals surface area contributed by atoms with E-state index in [4.69, 9.17) is 8.48 Å². The maximum atomic E-state index is 13.3. The quantitative estimate of drug-likeness (QED) is 0.748. The highest BCUT2D eigenvalue weighted by Gasteiger charge is 2.62. The number of aliphatic hydroxyl groups is 1. The molecule has 3 N–H and O–H groups in total. The van der Waals surface area contributed by atoms with Crippen molar-refractivity contribution in [3.8, 4) is 6.07 Å². The molecule has 0 aromatic heterocycles. The number of carbonyl (C=O) groups excluding carboxylic acids is 1. The Labute approximate surface area is 139 Å². The van der Waals surface area contributed by atoms with Crippen LogP contribution in [0.4, 0.5) is 0 Å². The second-order valence-corrected chi connectivity index (χ2v) is 8.87. The minimum absolute atomic E-state index is 0.228. The Hall–Kier alpha value is -1.12. The van der Waals surface area contributed by atoms with E-state index >= 15 is 0 Å². The van der Waals surface area contributed by atoms with Crippen LogP contribution in [0, 0.1) is 34.5 Å². The molecular weight excluding hydrogens is 291 g/mol. The maximum Gasteiger partial charge on any atom is 0.241 e. The molecule has 124 valence electrons. The van der Waals surface area contributed by atoms with Gasteiger partial charge in [0, 0.05) is 8.78 Å². The van der Waals surface area contributed by atoms with Crippen LogP contribution in [0.3, 0.4) is 0 Å². The number of rotatable bonds is 2. The van der Waals surface area contributed by atoms with E-state index in [0.717, 1.165) is 32.1 Å². The van der Waals surface area contributed by atoms with Crippen LogP contribution in [0.25, 0.3) is 0 Å². The van der Waals surface area contributed by atoms with Crippen LogP contribution in [0.15, 0.2) is 0 Å². The lowest BCUT2D eigenvalue weighted by Crippen LogP contribution is -2.64. The van der Waals surface area contributed by atoms with Crippen molar-refractivity contribution in [1.29, 1.82) is 5.26 Å². The zero-order chi connectivity index (χ0) is 17.8. The maximum absolute atomic E-state index is 13.3. The summed E-state index contributed by atoms with van der Waals surface area (Å²) in [5, 5.41) is 20.3. The zero-order valence-electron chi connectivity index (χ0n) is 15.2. The summed E-state index contributed by atoms with van der Waals surface area (Å²) in [6, 6.07) is 0.370. The van der Waals surface area contributed by atoms with Crippen LogP contribution in [0.5, 0.6) is 0 Å². The van der Waals surface area contributed by atoms with E-state index in [9.17, 15) is 15.2 Å². The van der Waals surface area contributed by atoms with Gasteiger partial charge >= 0.3 is 0 Å². The third-order valence-corrected chi connectivity index (χ3v) is 7.17. The zero-order valence-corrected chi connectivity index (χ0v) is 13.2. The number of amides is 1. The van der Waals surface area contributed by atoms with E-state index < -0.39 is 30.1 Å². The number of hydrogen-bond donors (Lipinski definition) is 2. The minimum atomic E-state index is -1.39. The molecule has 0 aromatic carbocycles. The molecular formula is C18H25N3O2. The van der Waals surface area contributed by atoms with Gasteiger partial charge in [0.05, 0.1) is 17.7 Å². The first kappa shape index (κ1) is 12.3. The standard InChI is InChI=1S/C18H25N3O2/c19-8-13-2-12-3-14(12)21(13)16(22)15(20)17-4-10-1-11(5-17)7-18(23,6-10)9-17/h10-15,23H,1-7,9,20H2/t10-,11+,12-,13+,14+,15-,17?,18?/m1/s1/i3+1D2. The molecule has 6 fully saturated rings. The summed E-state index contributed by atoms with van der Waals surface area (Å²) in [4.78, 5) is 14.7. The second kappa shape index (κ2) is 4.29. The summed E-state index contributed by atoms with van der Waals surface area (Å²) in [7, 11) is 0. The third kappa shape index (κ3) is 1.88. The minimum Gasteiger partial charge on any atom is -0.390 e. The molecule has 6 aliphatic rings. The normalized spacial score (nSPS) is 57.3. The second-order valence-electron chi connectivity index (χ2n) is 8.87. The van der Waals surface area contributed by atoms with Crippen LogP contribution in [0.2, 0.25) is 0 Å². The first-order chi connectivity index (χ1) is 11.7. The number of likely N-dealkylation sites (tertiary alicyclic amines) is 1. The van der Waals surface area contributed by atoms with Crippen molar-refractivity contribution in [2.24, 2.45) is 28.9 Å². The van der Waals surface area contributed by atoms with E-state index in [1.54, 1.807) is 0 Å². The summed E-state index contributed by atoms with van der Waals surface area (Å²) in [6.07, 6.45) is 4.13. The van der Waals surface area contributed by atoms with Crippen molar-refractivity contribution in [3.63, 3.8) is 0 Å². The Kier molecular flexibility index (Phi) is 2.29. The van der Waals surface area contributed by atoms with Crippen molar-refractivity contribution in [3.05, 3.63) is 0 Å². The molecule has 1 heterocycles. The van der Waals surface area contributed by atoms with Gasteiger partial charge < -0.3 is 15.7 Å². The van der Waals surface area contributed by atoms with Gasteiger partial charge in [-0.05, 0) is 74.5 Å². The van der Waals surface area contributed by atoms with E-state index in [1.165, 1.54) is 4.90 Å². The molecule has 8 atom stereocenters. The van der Waals surface area contributed by atoms with Crippen LogP contribution in [-0.4, -0.2) is 39.6 Å². The molecule has 2 unspecified atom stereocenters. The number of hydrogen-bond acceptors (Lipinski definition) is 4. The van der Waals surface area contributed by atoms with Crippen LogP contribution >= 0.6 is 0 Å². The summed E-state index contributed by atoms with van der Waals surface area (Å²) in [5.41, 5.74) is 5.45. The Morgan fingerprint density at radius 3 is 2.65 bits per heavy atom. The van der Waals surface area contributed by atoms with Crippen molar-refractivity contribution < 1.29 is 12.6 Å². The van der Waals surface area contributed by atoms with Crippen molar-refractivity contribution >= 4 is 5.91 Å². The smallest absolute Gasteiger partial charge is 0.241 e. The van der Waals surface area contributed by atoms with Gasteiger partial charge in [0.2, 0.25) is 5.91 Å². The van der Waals surface area contributed by atoms with E-state index in [2.05, 4.69) is 6.07 Å². The van der Waals surface area contributed by atoms with Crippen LogP contribution in [-0.2, 0) is 4.79 Å². The highest BCUT2D eigenvalue weighted by molar-refractivity contribution is 5.84. The average Bonchev–Trinajstić information content (AvgIpc) is 2.89. The fourth-order valence-electron chi connectivity index (χ4n) is 6.66. The molecule has 23 heavy (non-hydrogen) atoms. The predicted molar refractivity (Wildman–Crippen MR) is 82.8 cm³/mol. The van der Waals surface area contributed by atoms with Gasteiger partial charge in [0.25, 0.3) is 0 Å². The number of nitriles is 1. The molecule has 4 bridgehead atoms. The summed E-state index contributed by atoms with van der Waals surface area (Å²) < 4.78 is 16.1. The number of piperidine rings is 1. The van der Waals surface area contributed by atoms with Gasteiger partial charge in [-0.3, -0.25) is 4.79 Å². The molecule has 5 heteroatoms. The predicted octanol–water partition coefficient (Wildman–Crippen LogP) is 1.16. The van der Waals surface area contributed by atoms with Gasteiger partial charge in [0.1, 0.15) is 6.04 Å². The lowest BCUT2D eigenvalue weighted by molar-refractivity contribution is -0.177. The van der Waals surface area contributed by atoms with E-state index in [-0.39, 0.29) is 17.2 Å². The Bertz CT molecular complexity index is 676. The third-order valence-electron chi connectivity index (χ3n) is 7.17. The van der Waals surface area contributed by atoms with Crippen molar-refractivity contribution in [2.75, 3.05) is 0 Å². The summed E-state index contributed by atoms with van der Waals surface area (Å²) in [6.45, 7) is 0. The van der Waals surface area contributed by atoms with Gasteiger partial charge in [0.15, 0.2) is 0 Å². The average molecular weight is 318 g/mol. The summed E-state index contributed by atoms with van der Waals surface area (Å²) >= 11 is 0. The monoisotopic (exact) mass is 318 g/mol. The van der Waals surface area contributed by atoms with Gasteiger partial charge in [-0.1, -0.05) is 0 Å². The molecule has 5 nitrogen and oxygen atoms in total. The molecule has 5 saturated carbocycles. The van der Waals surface area contributed by atoms with Crippen LogP contribution < -0.4 is 5.73 Å². The fourth-order valence-corrected chi connectivity index (χ4v) is 6.66. The van der Waals surface area contributed by atoms with Gasteiger partial charge in [-0.25, -0.2) is 0 Å². The lowest BCUT2D eigenvalue weighted by Gasteiger charge is -2.61. The van der Waals surface area contributed by atoms with E-state index in [0.29, 0.717) is 24.7 Å². The van der Waals surface area contributed by atoms with Crippen LogP contribution in [0.1, 0.15) is 54.1 Å². The number of fused-ring (bicyclic) bond motifs is 1. The Balaban J connectivity index is 1.44. The highest BCUT2D eigenvalue weighted by Crippen LogP contribution is 2.63. The molecule has 1 aliphatic heterocycles. The Morgan fingerprint density at radius 2 is 2.04 bits per heavy atom.